The minimum absolute atomic E-state index is 0.0980. The van der Waals surface area contributed by atoms with Crippen molar-refractivity contribution in [1.82, 2.24) is 0 Å². The summed E-state index contributed by atoms with van der Waals surface area (Å²) in [5.41, 5.74) is 0. The molecule has 2 N–H and O–H groups in total. The normalized spacial score (nSPS) is 35.6. The summed E-state index contributed by atoms with van der Waals surface area (Å²) in [6.07, 6.45) is 12.1. The van der Waals surface area contributed by atoms with E-state index in [9.17, 15) is 10.2 Å². The highest BCUT2D eigenvalue weighted by Gasteiger charge is 2.19. The Kier molecular flexibility index (Phi) is 6.31. The fourth-order valence-electron chi connectivity index (χ4n) is 3.52. The van der Waals surface area contributed by atoms with Crippen molar-refractivity contribution in [2.24, 2.45) is 11.8 Å². The van der Waals surface area contributed by atoms with Gasteiger partial charge in [0.1, 0.15) is 0 Å². The Balaban J connectivity index is 1.79. The molecule has 0 radical (unpaired) electrons. The number of rotatable bonds is 4. The molecule has 2 aliphatic carbocycles. The molecule has 3 nitrogen and oxygen atoms in total. The number of aliphatic hydroxyl groups is 2. The van der Waals surface area contributed by atoms with Crippen LogP contribution in [-0.2, 0) is 4.74 Å². The molecule has 0 aromatic rings. The van der Waals surface area contributed by atoms with Crippen LogP contribution in [0.1, 0.15) is 65.2 Å². The van der Waals surface area contributed by atoms with Crippen LogP contribution in [0, 0.1) is 11.8 Å². The fraction of sp³-hybridized carbons (Fsp3) is 0.778. The fourth-order valence-corrected chi connectivity index (χ4v) is 3.52. The summed E-state index contributed by atoms with van der Waals surface area (Å²) in [5.74, 6) is 3.04. The van der Waals surface area contributed by atoms with Crippen LogP contribution in [0.3, 0.4) is 0 Å². The Morgan fingerprint density at radius 2 is 1.05 bits per heavy atom. The average molecular weight is 294 g/mol. The molecule has 0 aliphatic heterocycles. The first kappa shape index (κ1) is 16.6. The number of hydrogen-bond acceptors (Lipinski definition) is 3. The van der Waals surface area contributed by atoms with Gasteiger partial charge in [-0.3, -0.25) is 0 Å². The molecule has 21 heavy (non-hydrogen) atoms. The highest BCUT2D eigenvalue weighted by atomic mass is 16.5. The van der Waals surface area contributed by atoms with E-state index in [-0.39, 0.29) is 12.2 Å². The molecule has 2 fully saturated rings. The summed E-state index contributed by atoms with van der Waals surface area (Å²) < 4.78 is 5.91. The van der Waals surface area contributed by atoms with Crippen LogP contribution in [0.5, 0.6) is 0 Å². The Hall–Kier alpha value is -0.800. The van der Waals surface area contributed by atoms with E-state index in [0.717, 1.165) is 62.9 Å². The maximum Gasteiger partial charge on any atom is 0.0967 e. The maximum absolute atomic E-state index is 9.53. The smallest absolute Gasteiger partial charge is 0.0967 e. The van der Waals surface area contributed by atoms with Gasteiger partial charge in [0, 0.05) is 0 Å². The Morgan fingerprint density at radius 3 is 1.38 bits per heavy atom. The number of allylic oxidation sites excluding steroid dienone is 4. The van der Waals surface area contributed by atoms with Gasteiger partial charge in [0.05, 0.1) is 23.7 Å². The lowest BCUT2D eigenvalue weighted by molar-refractivity contribution is 0.116. The van der Waals surface area contributed by atoms with Crippen molar-refractivity contribution in [2.75, 3.05) is 0 Å². The predicted molar refractivity (Wildman–Crippen MR) is 84.5 cm³/mol. The molecule has 0 aromatic carbocycles. The van der Waals surface area contributed by atoms with E-state index in [1.54, 1.807) is 0 Å². The molecule has 2 aliphatic rings. The molecule has 0 amide bonds. The molecule has 0 unspecified atom stereocenters. The molecular weight excluding hydrogens is 264 g/mol. The first-order chi connectivity index (χ1) is 10.0. The van der Waals surface area contributed by atoms with Gasteiger partial charge < -0.3 is 14.9 Å². The van der Waals surface area contributed by atoms with Crippen LogP contribution in [0.4, 0.5) is 0 Å². The van der Waals surface area contributed by atoms with Crippen molar-refractivity contribution >= 4 is 0 Å². The first-order valence-corrected chi connectivity index (χ1v) is 8.43. The molecule has 2 rings (SSSR count). The Morgan fingerprint density at radius 1 is 0.714 bits per heavy atom. The van der Waals surface area contributed by atoms with E-state index in [1.807, 2.05) is 13.8 Å². The quantitative estimate of drug-likeness (QED) is 0.773. The molecule has 0 heterocycles. The minimum Gasteiger partial charge on any atom is -0.467 e. The third kappa shape index (κ3) is 5.84. The molecule has 2 saturated carbocycles. The first-order valence-electron chi connectivity index (χ1n) is 8.43. The van der Waals surface area contributed by atoms with Crippen molar-refractivity contribution in [2.45, 2.75) is 77.4 Å². The molecule has 3 heteroatoms. The molecule has 0 saturated heterocycles. The van der Waals surface area contributed by atoms with Gasteiger partial charge in [-0.05, 0) is 89.2 Å². The standard InChI is InChI=1S/C18H30O3/c1-13(11-15-3-7-17(19)8-4-15)21-14(2)12-16-5-9-18(20)10-6-16/h11-12,15-20H,3-10H2,1-2H3. The van der Waals surface area contributed by atoms with Gasteiger partial charge in [-0.25, -0.2) is 0 Å². The lowest BCUT2D eigenvalue weighted by Crippen LogP contribution is -2.17. The monoisotopic (exact) mass is 294 g/mol. The third-order valence-electron chi connectivity index (χ3n) is 4.75. The van der Waals surface area contributed by atoms with Crippen molar-refractivity contribution in [3.63, 3.8) is 0 Å². The average Bonchev–Trinajstić information content (AvgIpc) is 2.44. The van der Waals surface area contributed by atoms with Gasteiger partial charge in [-0.1, -0.05) is 0 Å². The zero-order valence-electron chi connectivity index (χ0n) is 13.4. The summed E-state index contributed by atoms with van der Waals surface area (Å²) in [7, 11) is 0. The number of aliphatic hydroxyl groups excluding tert-OH is 2. The van der Waals surface area contributed by atoms with Gasteiger partial charge in [-0.2, -0.15) is 0 Å². The van der Waals surface area contributed by atoms with E-state index in [2.05, 4.69) is 12.2 Å². The van der Waals surface area contributed by atoms with E-state index < -0.39 is 0 Å². The number of hydrogen-bond donors (Lipinski definition) is 2. The summed E-state index contributed by atoms with van der Waals surface area (Å²) in [4.78, 5) is 0. The van der Waals surface area contributed by atoms with Crippen molar-refractivity contribution in [3.8, 4) is 0 Å². The second-order valence-corrected chi connectivity index (χ2v) is 6.79. The maximum atomic E-state index is 9.53. The van der Waals surface area contributed by atoms with Gasteiger partial charge in [0.2, 0.25) is 0 Å². The van der Waals surface area contributed by atoms with E-state index in [4.69, 9.17) is 4.74 Å². The summed E-state index contributed by atoms with van der Waals surface area (Å²) >= 11 is 0. The molecule has 120 valence electrons. The number of ether oxygens (including phenoxy) is 1. The predicted octanol–water partition coefficient (Wildman–Crippen LogP) is 3.91. The van der Waals surface area contributed by atoms with Crippen LogP contribution in [0.25, 0.3) is 0 Å². The van der Waals surface area contributed by atoms with Gasteiger partial charge in [-0.15, -0.1) is 0 Å². The van der Waals surface area contributed by atoms with E-state index >= 15 is 0 Å². The lowest BCUT2D eigenvalue weighted by Gasteiger charge is -2.24. The Bertz CT molecular complexity index is 334. The van der Waals surface area contributed by atoms with Crippen LogP contribution >= 0.6 is 0 Å². The van der Waals surface area contributed by atoms with Crippen molar-refractivity contribution in [3.05, 3.63) is 23.7 Å². The molecule has 0 aromatic heterocycles. The lowest BCUT2D eigenvalue weighted by atomic mass is 9.87. The van der Waals surface area contributed by atoms with Crippen LogP contribution < -0.4 is 0 Å². The summed E-state index contributed by atoms with van der Waals surface area (Å²) in [6.45, 7) is 4.04. The van der Waals surface area contributed by atoms with E-state index in [1.165, 1.54) is 0 Å². The third-order valence-corrected chi connectivity index (χ3v) is 4.75. The SMILES string of the molecule is CC(=CC1CCC(O)CC1)OC(C)=CC1CCC(O)CC1. The molecular formula is C18H30O3. The minimum atomic E-state index is -0.0980. The van der Waals surface area contributed by atoms with Crippen LogP contribution in [0.15, 0.2) is 23.7 Å². The molecule has 0 spiro atoms. The summed E-state index contributed by atoms with van der Waals surface area (Å²) in [5, 5.41) is 19.1. The molecule has 0 bridgehead atoms. The highest BCUT2D eigenvalue weighted by Crippen LogP contribution is 2.28. The van der Waals surface area contributed by atoms with Gasteiger partial charge >= 0.3 is 0 Å². The Labute approximate surface area is 128 Å². The van der Waals surface area contributed by atoms with Crippen molar-refractivity contribution in [1.29, 1.82) is 0 Å². The second-order valence-electron chi connectivity index (χ2n) is 6.79. The van der Waals surface area contributed by atoms with Gasteiger partial charge in [0.15, 0.2) is 0 Å². The van der Waals surface area contributed by atoms with Crippen LogP contribution in [0.2, 0.25) is 0 Å². The van der Waals surface area contributed by atoms with Gasteiger partial charge in [0.25, 0.3) is 0 Å². The largest absolute Gasteiger partial charge is 0.467 e. The highest BCUT2D eigenvalue weighted by molar-refractivity contribution is 5.03. The van der Waals surface area contributed by atoms with Crippen molar-refractivity contribution < 1.29 is 14.9 Å². The topological polar surface area (TPSA) is 49.7 Å². The van der Waals surface area contributed by atoms with Crippen LogP contribution in [-0.4, -0.2) is 22.4 Å². The van der Waals surface area contributed by atoms with E-state index in [0.29, 0.717) is 11.8 Å². The zero-order valence-corrected chi connectivity index (χ0v) is 13.4. The summed E-state index contributed by atoms with van der Waals surface area (Å²) in [6, 6.07) is 0. The second kappa shape index (κ2) is 8.00. The zero-order chi connectivity index (χ0) is 15.2. The molecule has 0 atom stereocenters.